The number of benzene rings is 25. The van der Waals surface area contributed by atoms with Crippen LogP contribution >= 0.6 is 11.3 Å². The lowest BCUT2D eigenvalue weighted by atomic mass is 9.86. The third kappa shape index (κ3) is 17.6. The van der Waals surface area contributed by atoms with Crippen LogP contribution in [0.4, 0.5) is 0 Å². The van der Waals surface area contributed by atoms with Gasteiger partial charge in [0.25, 0.3) is 0 Å². The lowest BCUT2D eigenvalue weighted by Crippen LogP contribution is -1.97. The van der Waals surface area contributed by atoms with Gasteiger partial charge in [0, 0.05) is 47.9 Å². The quantitative estimate of drug-likeness (QED) is 0.110. The third-order valence-corrected chi connectivity index (χ3v) is 29.2. The second-order valence-corrected chi connectivity index (χ2v) is 38.6. The van der Waals surface area contributed by atoms with E-state index in [4.69, 9.17) is 4.98 Å². The number of para-hydroxylation sites is 4. The summed E-state index contributed by atoms with van der Waals surface area (Å²) in [5.41, 5.74) is 28.5. The third-order valence-electron chi connectivity index (χ3n) is 28.0. The fourth-order valence-corrected chi connectivity index (χ4v) is 22.3. The summed E-state index contributed by atoms with van der Waals surface area (Å²) in [6.45, 7) is 12.8. The van der Waals surface area contributed by atoms with Gasteiger partial charge in [-0.15, -0.1) is 11.3 Å². The molecule has 0 aliphatic carbocycles. The molecule has 0 bridgehead atoms. The number of nitrogens with zero attached hydrogens (tertiary/aromatic N) is 3. The molecule has 0 atom stereocenters. The van der Waals surface area contributed by atoms with Crippen molar-refractivity contribution in [1.82, 2.24) is 14.1 Å². The van der Waals surface area contributed by atoms with E-state index in [2.05, 4.69) is 536 Å². The largest absolute Gasteiger partial charge is 0.309 e. The van der Waals surface area contributed by atoms with Crippen LogP contribution < -0.4 is 0 Å². The molecule has 0 aliphatic rings. The number of fused-ring (bicyclic) bond motifs is 19. The van der Waals surface area contributed by atoms with Crippen molar-refractivity contribution >= 4 is 161 Å². The summed E-state index contributed by atoms with van der Waals surface area (Å²) in [7, 11) is 0. The molecule has 4 heteroatoms. The highest BCUT2D eigenvalue weighted by atomic mass is 32.1. The number of aromatic nitrogens is 3. The molecule has 0 unspecified atom stereocenters. The standard InChI is InChI=1S/C51H33NS.C27H20.C20H16N2.C19H14.C15H12.C7H8/c1-32-21-23-33(24-22-32)49-40-13-2-4-15-42(40)50(43-16-5-3-14-41(43)49)34-25-28-36(29-26-34)52-46-19-8-6-11-38(46)45-31-35(27-30-47(45)52)37-17-10-18-44-39-12-7-9-20-48(39)53-51(37)44;1-19-15-17-21(18-16-19)27-24-13-7-5-11-22(24)26(20-9-3-2-4-10-20)23-12-6-8-14-25(23)27;1-15-11-13-16(14-12-15)20-21-18-9-5-6-10-19(18)22(20)17-7-3-2-4-8-17;1-13-10-11-18-16-8-3-2-6-14(16)15-7-4-5-9-17(15)19(18)12-13;1-11-6-7-14-9-12-4-2-3-5-13(12)10-15(14)8-11;1-7-5-3-2-4-6-7/h2-31H,1H3;2-18H,1H3;2-14H,1H3;2-12H,1H3;2-10H,1H3;2-6H,1H3. The van der Waals surface area contributed by atoms with E-state index in [-0.39, 0.29) is 0 Å². The zero-order valence-corrected chi connectivity index (χ0v) is 81.6. The molecule has 143 heavy (non-hydrogen) atoms. The van der Waals surface area contributed by atoms with E-state index in [1.807, 2.05) is 41.7 Å². The first kappa shape index (κ1) is 89.3. The summed E-state index contributed by atoms with van der Waals surface area (Å²) in [6.07, 6.45) is 0. The Labute approximate surface area is 838 Å². The van der Waals surface area contributed by atoms with Crippen molar-refractivity contribution in [1.29, 1.82) is 0 Å². The van der Waals surface area contributed by atoms with Gasteiger partial charge >= 0.3 is 0 Å². The van der Waals surface area contributed by atoms with Crippen LogP contribution in [0.2, 0.25) is 0 Å². The van der Waals surface area contributed by atoms with E-state index < -0.39 is 0 Å². The molecule has 0 aliphatic heterocycles. The fourth-order valence-electron chi connectivity index (χ4n) is 21.1. The molecule has 3 aromatic heterocycles. The molecule has 28 rings (SSSR count). The van der Waals surface area contributed by atoms with Crippen LogP contribution in [0.3, 0.4) is 0 Å². The van der Waals surface area contributed by atoms with Crippen molar-refractivity contribution in [2.45, 2.75) is 41.5 Å². The molecule has 0 amide bonds. The predicted molar refractivity (Wildman–Crippen MR) is 619 cm³/mol. The maximum atomic E-state index is 4.85. The van der Waals surface area contributed by atoms with E-state index in [0.29, 0.717) is 0 Å². The molecule has 0 spiro atoms. The van der Waals surface area contributed by atoms with E-state index in [0.717, 1.165) is 33.8 Å². The van der Waals surface area contributed by atoms with Crippen LogP contribution in [0.25, 0.3) is 228 Å². The Hall–Kier alpha value is -17.7. The summed E-state index contributed by atoms with van der Waals surface area (Å²) in [4.78, 5) is 4.85. The first-order valence-electron chi connectivity index (χ1n) is 49.4. The number of thiophene rings is 1. The van der Waals surface area contributed by atoms with Gasteiger partial charge in [0.1, 0.15) is 5.82 Å². The highest BCUT2D eigenvalue weighted by Crippen LogP contribution is 2.49. The van der Waals surface area contributed by atoms with Gasteiger partial charge in [0.05, 0.1) is 22.1 Å². The molecule has 0 fully saturated rings. The van der Waals surface area contributed by atoms with Crippen molar-refractivity contribution in [3.63, 3.8) is 0 Å². The molecule has 25 aromatic carbocycles. The molecule has 0 saturated carbocycles. The topological polar surface area (TPSA) is 22.8 Å². The van der Waals surface area contributed by atoms with Gasteiger partial charge in [-0.1, -0.05) is 476 Å². The number of hydrogen-bond donors (Lipinski definition) is 0. The molecule has 28 aromatic rings. The lowest BCUT2D eigenvalue weighted by Gasteiger charge is -2.18. The number of aryl methyl sites for hydroxylation is 6. The smallest absolute Gasteiger partial charge is 0.145 e. The summed E-state index contributed by atoms with van der Waals surface area (Å²) in [5.74, 6) is 0.979. The maximum Gasteiger partial charge on any atom is 0.145 e. The normalized spacial score (nSPS) is 11.3. The van der Waals surface area contributed by atoms with Crippen LogP contribution in [-0.2, 0) is 0 Å². The fraction of sp³-hybridized carbons (Fsp3) is 0.0432. The summed E-state index contributed by atoms with van der Waals surface area (Å²) in [6, 6.07) is 186. The van der Waals surface area contributed by atoms with Gasteiger partial charge in [-0.3, -0.25) is 4.57 Å². The number of hydrogen-bond acceptors (Lipinski definition) is 2. The van der Waals surface area contributed by atoms with Crippen molar-refractivity contribution in [2.75, 3.05) is 0 Å². The monoisotopic (exact) mass is 1850 g/mol. The minimum Gasteiger partial charge on any atom is -0.309 e. The van der Waals surface area contributed by atoms with Crippen LogP contribution in [0.1, 0.15) is 33.4 Å². The molecule has 3 nitrogen and oxygen atoms in total. The molecule has 3 heterocycles. The van der Waals surface area contributed by atoms with Crippen molar-refractivity contribution in [3.05, 3.63) is 549 Å². The summed E-state index contributed by atoms with van der Waals surface area (Å²) in [5, 5.41) is 28.9. The zero-order chi connectivity index (χ0) is 96.4. The van der Waals surface area contributed by atoms with Crippen LogP contribution in [0.15, 0.2) is 516 Å². The van der Waals surface area contributed by atoms with E-state index in [9.17, 15) is 0 Å². The average Bonchev–Trinajstić information content (AvgIpc) is 1.44. The van der Waals surface area contributed by atoms with Crippen LogP contribution in [0.5, 0.6) is 0 Å². The highest BCUT2D eigenvalue weighted by Gasteiger charge is 2.23. The van der Waals surface area contributed by atoms with Crippen LogP contribution in [-0.4, -0.2) is 14.1 Å². The molecule has 0 saturated heterocycles. The zero-order valence-electron chi connectivity index (χ0n) is 80.8. The Morgan fingerprint density at radius 1 is 0.175 bits per heavy atom. The lowest BCUT2D eigenvalue weighted by molar-refractivity contribution is 1.10. The molecule has 0 radical (unpaired) electrons. The van der Waals surface area contributed by atoms with Gasteiger partial charge in [-0.25, -0.2) is 4.98 Å². The van der Waals surface area contributed by atoms with Crippen molar-refractivity contribution < 1.29 is 0 Å². The van der Waals surface area contributed by atoms with Crippen molar-refractivity contribution in [2.24, 2.45) is 0 Å². The molecule has 0 N–H and O–H groups in total. The Balaban J connectivity index is 0.000000106. The van der Waals surface area contributed by atoms with Gasteiger partial charge < -0.3 is 4.57 Å². The predicted octanol–water partition coefficient (Wildman–Crippen LogP) is 39.2. The molecular formula is C139H103N3S. The van der Waals surface area contributed by atoms with Gasteiger partial charge in [0.15, 0.2) is 0 Å². The summed E-state index contributed by atoms with van der Waals surface area (Å²) >= 11 is 1.89. The first-order chi connectivity index (χ1) is 70.4. The minimum absolute atomic E-state index is 0.979. The van der Waals surface area contributed by atoms with Crippen molar-refractivity contribution in [3.8, 4) is 78.4 Å². The minimum atomic E-state index is 0.979. The SMILES string of the molecule is Cc1ccc(-c2c3ccccc3c(-c3ccc(-n4c5ccccc5c5cc(-c6cccc7c6sc6ccccc67)ccc54)cc3)c3ccccc23)cc1.Cc1ccc(-c2c3ccccc3c(-c3ccccc3)c3ccccc23)cc1.Cc1ccc(-c2nc3ccccc3n2-c2ccccc2)cc1.Cc1ccc2c3ccccc3c3ccccc3c2c1.Cc1ccc2cc3ccccc3cc2c1.Cc1ccccc1. The van der Waals surface area contributed by atoms with Gasteiger partial charge in [0.2, 0.25) is 0 Å². The van der Waals surface area contributed by atoms with Gasteiger partial charge in [-0.2, -0.15) is 0 Å². The highest BCUT2D eigenvalue weighted by molar-refractivity contribution is 7.26. The Kier molecular flexibility index (Phi) is 24.5. The second-order valence-electron chi connectivity index (χ2n) is 37.5. The Morgan fingerprint density at radius 2 is 0.517 bits per heavy atom. The van der Waals surface area contributed by atoms with Gasteiger partial charge in [-0.05, 0) is 267 Å². The van der Waals surface area contributed by atoms with E-state index in [1.54, 1.807) is 0 Å². The molecular weight excluding hydrogens is 1740 g/mol. The Bertz CT molecular complexity index is 9460. The number of rotatable bonds is 8. The first-order valence-corrected chi connectivity index (χ1v) is 50.2. The molecule has 680 valence electrons. The van der Waals surface area contributed by atoms with E-state index in [1.165, 1.54) is 228 Å². The average molecular weight is 1850 g/mol. The maximum absolute atomic E-state index is 4.85. The second kappa shape index (κ2) is 39.3. The summed E-state index contributed by atoms with van der Waals surface area (Å²) < 4.78 is 7.33. The number of imidazole rings is 1. The van der Waals surface area contributed by atoms with E-state index >= 15 is 0 Å². The Morgan fingerprint density at radius 3 is 1.03 bits per heavy atom. The van der Waals surface area contributed by atoms with Crippen LogP contribution in [0, 0.1) is 41.5 Å².